The molecule has 6 heteroatoms. The van der Waals surface area contributed by atoms with E-state index >= 15 is 0 Å². The summed E-state index contributed by atoms with van der Waals surface area (Å²) >= 11 is 0. The molecule has 23 heavy (non-hydrogen) atoms. The number of carbonyl (C=O) groups excluding carboxylic acids is 1. The number of likely N-dealkylation sites (tertiary alicyclic amines) is 1. The number of amides is 2. The van der Waals surface area contributed by atoms with Crippen molar-refractivity contribution in [1.82, 2.24) is 10.1 Å². The number of hydrogen-bond acceptors (Lipinski definition) is 4. The van der Waals surface area contributed by atoms with Crippen molar-refractivity contribution in [3.8, 4) is 5.75 Å². The Morgan fingerprint density at radius 1 is 1.48 bits per heavy atom. The van der Waals surface area contributed by atoms with Gasteiger partial charge in [-0.1, -0.05) is 17.3 Å². The molecule has 1 fully saturated rings. The summed E-state index contributed by atoms with van der Waals surface area (Å²) in [7, 11) is 0. The number of nitrogens with zero attached hydrogens (tertiary/aromatic N) is 2. The van der Waals surface area contributed by atoms with Gasteiger partial charge in [-0.05, 0) is 38.8 Å². The van der Waals surface area contributed by atoms with Crippen LogP contribution in [0.25, 0.3) is 0 Å². The van der Waals surface area contributed by atoms with E-state index < -0.39 is 0 Å². The maximum absolute atomic E-state index is 12.7. The predicted octanol–water partition coefficient (Wildman–Crippen LogP) is 3.75. The van der Waals surface area contributed by atoms with Crippen LogP contribution >= 0.6 is 0 Å². The Morgan fingerprint density at radius 3 is 3.04 bits per heavy atom. The third-order valence-electron chi connectivity index (χ3n) is 3.92. The molecule has 1 N–H and O–H groups in total. The highest BCUT2D eigenvalue weighted by atomic mass is 16.5. The van der Waals surface area contributed by atoms with Crippen molar-refractivity contribution < 1.29 is 14.1 Å². The van der Waals surface area contributed by atoms with Crippen molar-refractivity contribution in [3.63, 3.8) is 0 Å². The van der Waals surface area contributed by atoms with E-state index in [2.05, 4.69) is 10.5 Å². The van der Waals surface area contributed by atoms with Gasteiger partial charge in [-0.25, -0.2) is 4.79 Å². The lowest BCUT2D eigenvalue weighted by Gasteiger charge is -2.23. The molecule has 3 rings (SSSR count). The number of hydrogen-bond donors (Lipinski definition) is 1. The molecule has 0 spiro atoms. The number of para-hydroxylation sites is 2. The van der Waals surface area contributed by atoms with Gasteiger partial charge in [0.05, 0.1) is 24.0 Å². The van der Waals surface area contributed by atoms with E-state index in [-0.39, 0.29) is 12.1 Å². The normalized spacial score (nSPS) is 17.3. The van der Waals surface area contributed by atoms with Crippen molar-refractivity contribution in [2.24, 2.45) is 0 Å². The third-order valence-corrected chi connectivity index (χ3v) is 3.92. The lowest BCUT2D eigenvalue weighted by Crippen LogP contribution is -2.34. The summed E-state index contributed by atoms with van der Waals surface area (Å²) in [6, 6.07) is 9.14. The smallest absolute Gasteiger partial charge is 0.322 e. The first kappa shape index (κ1) is 15.4. The zero-order chi connectivity index (χ0) is 16.2. The number of aromatic nitrogens is 1. The molecule has 0 unspecified atom stereocenters. The monoisotopic (exact) mass is 315 g/mol. The van der Waals surface area contributed by atoms with Crippen LogP contribution in [0.15, 0.2) is 34.9 Å². The quantitative estimate of drug-likeness (QED) is 0.933. The fraction of sp³-hybridized carbons (Fsp3) is 0.412. The number of ether oxygens (including phenoxy) is 1. The maximum Gasteiger partial charge on any atom is 0.322 e. The van der Waals surface area contributed by atoms with Crippen LogP contribution in [0.1, 0.15) is 37.3 Å². The Morgan fingerprint density at radius 2 is 2.30 bits per heavy atom. The first-order valence-corrected chi connectivity index (χ1v) is 7.91. The molecule has 1 aromatic heterocycles. The highest BCUT2D eigenvalue weighted by Crippen LogP contribution is 2.33. The molecule has 2 aromatic rings. The highest BCUT2D eigenvalue weighted by molar-refractivity contribution is 5.91. The number of nitrogens with one attached hydrogen (secondary N) is 1. The molecule has 0 aliphatic carbocycles. The second-order valence-corrected chi connectivity index (χ2v) is 5.58. The van der Waals surface area contributed by atoms with E-state index in [1.54, 1.807) is 4.90 Å². The standard InChI is InChI=1S/C17H21N3O3/c1-3-22-15-9-5-4-7-13(15)18-17(21)20-10-6-8-14(20)16-11-12(2)19-23-16/h4-5,7,9,11,14H,3,6,8,10H2,1-2H3,(H,18,21)/t14-/m0/s1. The largest absolute Gasteiger partial charge is 0.492 e. The Hall–Kier alpha value is -2.50. The van der Waals surface area contributed by atoms with Crippen molar-refractivity contribution in [1.29, 1.82) is 0 Å². The Kier molecular flexibility index (Phi) is 4.50. The molecular formula is C17H21N3O3. The van der Waals surface area contributed by atoms with E-state index in [9.17, 15) is 4.79 Å². The fourth-order valence-corrected chi connectivity index (χ4v) is 2.88. The Bertz CT molecular complexity index is 683. The Labute approximate surface area is 135 Å². The third kappa shape index (κ3) is 3.31. The predicted molar refractivity (Wildman–Crippen MR) is 86.6 cm³/mol. The maximum atomic E-state index is 12.7. The number of benzene rings is 1. The molecule has 1 aromatic carbocycles. The van der Waals surface area contributed by atoms with Gasteiger partial charge in [-0.15, -0.1) is 0 Å². The Balaban J connectivity index is 1.75. The minimum atomic E-state index is -0.145. The number of carbonyl (C=O) groups is 1. The zero-order valence-electron chi connectivity index (χ0n) is 13.4. The molecule has 0 saturated carbocycles. The van der Waals surface area contributed by atoms with Crippen LogP contribution in [0.3, 0.4) is 0 Å². The lowest BCUT2D eigenvalue weighted by molar-refractivity contribution is 0.195. The summed E-state index contributed by atoms with van der Waals surface area (Å²) in [5.74, 6) is 1.42. The zero-order valence-corrected chi connectivity index (χ0v) is 13.4. The molecule has 1 aliphatic heterocycles. The molecule has 6 nitrogen and oxygen atoms in total. The second kappa shape index (κ2) is 6.73. The van der Waals surface area contributed by atoms with Crippen LogP contribution < -0.4 is 10.1 Å². The van der Waals surface area contributed by atoms with Crippen LogP contribution in [-0.2, 0) is 0 Å². The van der Waals surface area contributed by atoms with Gasteiger partial charge in [-0.2, -0.15) is 0 Å². The molecule has 2 amide bonds. The molecule has 122 valence electrons. The summed E-state index contributed by atoms with van der Waals surface area (Å²) in [5, 5.41) is 6.87. The first-order chi connectivity index (χ1) is 11.2. The van der Waals surface area contributed by atoms with Gasteiger partial charge >= 0.3 is 6.03 Å². The second-order valence-electron chi connectivity index (χ2n) is 5.58. The van der Waals surface area contributed by atoms with Gasteiger partial charge in [0.1, 0.15) is 5.75 Å². The molecule has 0 radical (unpaired) electrons. The molecule has 1 atom stereocenters. The van der Waals surface area contributed by atoms with E-state index in [0.29, 0.717) is 24.6 Å². The number of urea groups is 1. The van der Waals surface area contributed by atoms with Gasteiger partial charge in [0.2, 0.25) is 0 Å². The van der Waals surface area contributed by atoms with Gasteiger partial charge in [0, 0.05) is 12.6 Å². The topological polar surface area (TPSA) is 67.6 Å². The van der Waals surface area contributed by atoms with Crippen molar-refractivity contribution in [2.75, 3.05) is 18.5 Å². The summed E-state index contributed by atoms with van der Waals surface area (Å²) in [6.07, 6.45) is 1.83. The fourth-order valence-electron chi connectivity index (χ4n) is 2.88. The van der Waals surface area contributed by atoms with Crippen LogP contribution in [0.4, 0.5) is 10.5 Å². The summed E-state index contributed by atoms with van der Waals surface area (Å²) < 4.78 is 10.9. The minimum absolute atomic E-state index is 0.0598. The van der Waals surface area contributed by atoms with E-state index in [0.717, 1.165) is 24.3 Å². The summed E-state index contributed by atoms with van der Waals surface area (Å²) in [4.78, 5) is 14.5. The van der Waals surface area contributed by atoms with Gasteiger partial charge < -0.3 is 19.5 Å². The SMILES string of the molecule is CCOc1ccccc1NC(=O)N1CCC[C@H]1c1cc(C)no1. The van der Waals surface area contributed by atoms with Crippen LogP contribution in [-0.4, -0.2) is 29.2 Å². The molecule has 1 aliphatic rings. The van der Waals surface area contributed by atoms with E-state index in [1.165, 1.54) is 0 Å². The number of aryl methyl sites for hydroxylation is 1. The van der Waals surface area contributed by atoms with E-state index in [4.69, 9.17) is 9.26 Å². The number of anilines is 1. The van der Waals surface area contributed by atoms with Crippen LogP contribution in [0.2, 0.25) is 0 Å². The summed E-state index contributed by atoms with van der Waals surface area (Å²) in [6.45, 7) is 5.05. The van der Waals surface area contributed by atoms with Crippen molar-refractivity contribution in [2.45, 2.75) is 32.7 Å². The number of rotatable bonds is 4. The van der Waals surface area contributed by atoms with Crippen molar-refractivity contribution >= 4 is 11.7 Å². The first-order valence-electron chi connectivity index (χ1n) is 7.91. The highest BCUT2D eigenvalue weighted by Gasteiger charge is 2.33. The molecule has 0 bridgehead atoms. The van der Waals surface area contributed by atoms with Crippen LogP contribution in [0.5, 0.6) is 5.75 Å². The van der Waals surface area contributed by atoms with Crippen molar-refractivity contribution in [3.05, 3.63) is 41.8 Å². The average molecular weight is 315 g/mol. The average Bonchev–Trinajstić information content (AvgIpc) is 3.18. The van der Waals surface area contributed by atoms with E-state index in [1.807, 2.05) is 44.2 Å². The van der Waals surface area contributed by atoms with Gasteiger partial charge in [0.15, 0.2) is 5.76 Å². The lowest BCUT2D eigenvalue weighted by atomic mass is 10.1. The molecular weight excluding hydrogens is 294 g/mol. The molecule has 2 heterocycles. The van der Waals surface area contributed by atoms with Gasteiger partial charge in [0.25, 0.3) is 0 Å². The minimum Gasteiger partial charge on any atom is -0.492 e. The molecule has 1 saturated heterocycles. The van der Waals surface area contributed by atoms with Crippen LogP contribution in [0, 0.1) is 6.92 Å². The van der Waals surface area contributed by atoms with Gasteiger partial charge in [-0.3, -0.25) is 0 Å². The summed E-state index contributed by atoms with van der Waals surface area (Å²) in [5.41, 5.74) is 1.51.